The Morgan fingerprint density at radius 2 is 2.17 bits per heavy atom. The molecule has 0 saturated heterocycles. The summed E-state index contributed by atoms with van der Waals surface area (Å²) in [6, 6.07) is 5.84. The van der Waals surface area contributed by atoms with Crippen LogP contribution in [-0.2, 0) is 4.79 Å². The van der Waals surface area contributed by atoms with Crippen molar-refractivity contribution in [3.8, 4) is 0 Å². The van der Waals surface area contributed by atoms with Crippen LogP contribution in [0.25, 0.3) is 10.9 Å². The van der Waals surface area contributed by atoms with Crippen LogP contribution in [0.4, 0.5) is 5.82 Å². The lowest BCUT2D eigenvalue weighted by molar-refractivity contribution is -0.118. The molecule has 0 radical (unpaired) electrons. The molecule has 1 aromatic heterocycles. The maximum Gasteiger partial charge on any atom is 0.216 e. The average molecular weight is 309 g/mol. The summed E-state index contributed by atoms with van der Waals surface area (Å²) >= 11 is 3.46. The second kappa shape index (κ2) is 5.77. The Labute approximate surface area is 113 Å². The van der Waals surface area contributed by atoms with Gasteiger partial charge in [-0.3, -0.25) is 4.79 Å². The molecule has 6 heteroatoms. The van der Waals surface area contributed by atoms with Gasteiger partial charge in [-0.05, 0) is 28.1 Å². The average Bonchev–Trinajstić information content (AvgIpc) is 2.35. The molecule has 0 unspecified atom stereocenters. The molecule has 1 aromatic carbocycles. The minimum absolute atomic E-state index is 0.0351. The first-order valence-corrected chi connectivity index (χ1v) is 6.35. The fourth-order valence-corrected chi connectivity index (χ4v) is 2.08. The van der Waals surface area contributed by atoms with Crippen LogP contribution in [0.5, 0.6) is 0 Å². The molecule has 0 saturated carbocycles. The number of para-hydroxylation sites is 1. The molecule has 1 heterocycles. The number of carbonyl (C=O) groups excluding carboxylic acids is 1. The molecule has 2 aromatic rings. The first-order valence-electron chi connectivity index (χ1n) is 5.56. The van der Waals surface area contributed by atoms with Gasteiger partial charge in [0.25, 0.3) is 0 Å². The molecule has 0 aliphatic carbocycles. The predicted molar refractivity (Wildman–Crippen MR) is 74.4 cm³/mol. The summed E-state index contributed by atoms with van der Waals surface area (Å²) < 4.78 is 0.937. The van der Waals surface area contributed by atoms with E-state index in [1.807, 2.05) is 18.2 Å². The van der Waals surface area contributed by atoms with Gasteiger partial charge < -0.3 is 10.6 Å². The van der Waals surface area contributed by atoms with Crippen LogP contribution in [0.1, 0.15) is 6.92 Å². The number of nitrogens with one attached hydrogen (secondary N) is 2. The zero-order valence-corrected chi connectivity index (χ0v) is 11.5. The normalized spacial score (nSPS) is 10.3. The molecule has 0 atom stereocenters. The summed E-state index contributed by atoms with van der Waals surface area (Å²) in [4.78, 5) is 19.2. The fourth-order valence-electron chi connectivity index (χ4n) is 1.61. The standard InChI is InChI=1S/C12H13BrN4O/c1-8(18)14-5-6-15-12-9-3-2-4-10(13)11(9)16-7-17-12/h2-4,7H,5-6H2,1H3,(H,14,18)(H,15,16,17). The second-order valence-electron chi connectivity index (χ2n) is 3.77. The zero-order valence-electron chi connectivity index (χ0n) is 9.90. The molecule has 0 spiro atoms. The fraction of sp³-hybridized carbons (Fsp3) is 0.250. The molecule has 0 aliphatic rings. The predicted octanol–water partition coefficient (Wildman–Crippen LogP) is 1.94. The highest BCUT2D eigenvalue weighted by Crippen LogP contribution is 2.25. The van der Waals surface area contributed by atoms with Crippen LogP contribution in [-0.4, -0.2) is 29.0 Å². The van der Waals surface area contributed by atoms with Crippen molar-refractivity contribution >= 4 is 38.6 Å². The van der Waals surface area contributed by atoms with Gasteiger partial charge in [-0.2, -0.15) is 0 Å². The quantitative estimate of drug-likeness (QED) is 0.847. The number of anilines is 1. The van der Waals surface area contributed by atoms with E-state index in [0.29, 0.717) is 13.1 Å². The van der Waals surface area contributed by atoms with Gasteiger partial charge in [0, 0.05) is 29.9 Å². The Kier molecular flexibility index (Phi) is 4.09. The number of rotatable bonds is 4. The number of carbonyl (C=O) groups is 1. The van der Waals surface area contributed by atoms with Crippen molar-refractivity contribution in [3.63, 3.8) is 0 Å². The van der Waals surface area contributed by atoms with Crippen molar-refractivity contribution in [2.75, 3.05) is 18.4 Å². The SMILES string of the molecule is CC(=O)NCCNc1ncnc2c(Br)cccc12. The van der Waals surface area contributed by atoms with Crippen molar-refractivity contribution < 1.29 is 4.79 Å². The van der Waals surface area contributed by atoms with E-state index < -0.39 is 0 Å². The lowest BCUT2D eigenvalue weighted by Crippen LogP contribution is -2.26. The molecule has 1 amide bonds. The minimum atomic E-state index is -0.0351. The Morgan fingerprint density at radius 1 is 1.33 bits per heavy atom. The van der Waals surface area contributed by atoms with E-state index in [4.69, 9.17) is 0 Å². The third kappa shape index (κ3) is 2.95. The van der Waals surface area contributed by atoms with Crippen LogP contribution < -0.4 is 10.6 Å². The molecule has 2 N–H and O–H groups in total. The summed E-state index contributed by atoms with van der Waals surface area (Å²) in [6.07, 6.45) is 1.52. The maximum absolute atomic E-state index is 10.7. The molecule has 2 rings (SSSR count). The van der Waals surface area contributed by atoms with Crippen LogP contribution in [0.15, 0.2) is 29.0 Å². The Hall–Kier alpha value is -1.69. The van der Waals surface area contributed by atoms with E-state index in [1.165, 1.54) is 13.3 Å². The van der Waals surface area contributed by atoms with Gasteiger partial charge in [-0.1, -0.05) is 6.07 Å². The van der Waals surface area contributed by atoms with E-state index >= 15 is 0 Å². The Bertz CT molecular complexity index is 573. The summed E-state index contributed by atoms with van der Waals surface area (Å²) in [5.41, 5.74) is 0.870. The smallest absolute Gasteiger partial charge is 0.216 e. The molecule has 0 bridgehead atoms. The molecule has 94 valence electrons. The monoisotopic (exact) mass is 308 g/mol. The largest absolute Gasteiger partial charge is 0.368 e. The number of halogens is 1. The van der Waals surface area contributed by atoms with Crippen LogP contribution in [0.2, 0.25) is 0 Å². The van der Waals surface area contributed by atoms with E-state index in [9.17, 15) is 4.79 Å². The molecule has 0 aliphatic heterocycles. The van der Waals surface area contributed by atoms with Gasteiger partial charge in [-0.25, -0.2) is 9.97 Å². The second-order valence-corrected chi connectivity index (χ2v) is 4.62. The molecule has 0 fully saturated rings. The van der Waals surface area contributed by atoms with E-state index in [0.717, 1.165) is 21.2 Å². The third-order valence-corrected chi connectivity index (χ3v) is 3.05. The van der Waals surface area contributed by atoms with Crippen molar-refractivity contribution in [1.82, 2.24) is 15.3 Å². The molecular formula is C12H13BrN4O. The number of nitrogens with zero attached hydrogens (tertiary/aromatic N) is 2. The number of aromatic nitrogens is 2. The Morgan fingerprint density at radius 3 is 2.94 bits per heavy atom. The van der Waals surface area contributed by atoms with Crippen LogP contribution in [0.3, 0.4) is 0 Å². The van der Waals surface area contributed by atoms with E-state index in [2.05, 4.69) is 36.5 Å². The molecule has 18 heavy (non-hydrogen) atoms. The van der Waals surface area contributed by atoms with Gasteiger partial charge in [0.05, 0.1) is 5.52 Å². The number of fused-ring (bicyclic) bond motifs is 1. The van der Waals surface area contributed by atoms with Gasteiger partial charge in [0.1, 0.15) is 12.1 Å². The summed E-state index contributed by atoms with van der Waals surface area (Å²) in [7, 11) is 0. The van der Waals surface area contributed by atoms with Crippen LogP contribution in [0, 0.1) is 0 Å². The van der Waals surface area contributed by atoms with Crippen molar-refractivity contribution in [2.24, 2.45) is 0 Å². The van der Waals surface area contributed by atoms with Crippen molar-refractivity contribution in [2.45, 2.75) is 6.92 Å². The highest BCUT2D eigenvalue weighted by atomic mass is 79.9. The van der Waals surface area contributed by atoms with E-state index in [1.54, 1.807) is 0 Å². The van der Waals surface area contributed by atoms with Gasteiger partial charge in [0.15, 0.2) is 0 Å². The summed E-state index contributed by atoms with van der Waals surface area (Å²) in [6.45, 7) is 2.68. The number of hydrogen-bond acceptors (Lipinski definition) is 4. The van der Waals surface area contributed by atoms with Crippen molar-refractivity contribution in [3.05, 3.63) is 29.0 Å². The maximum atomic E-state index is 10.7. The molecular weight excluding hydrogens is 296 g/mol. The number of benzene rings is 1. The number of amides is 1. The first kappa shape index (κ1) is 12.8. The topological polar surface area (TPSA) is 66.9 Å². The summed E-state index contributed by atoms with van der Waals surface area (Å²) in [5, 5.41) is 6.86. The lowest BCUT2D eigenvalue weighted by atomic mass is 10.2. The number of hydrogen-bond donors (Lipinski definition) is 2. The highest BCUT2D eigenvalue weighted by Gasteiger charge is 2.05. The zero-order chi connectivity index (χ0) is 13.0. The molecule has 5 nitrogen and oxygen atoms in total. The van der Waals surface area contributed by atoms with Gasteiger partial charge in [-0.15, -0.1) is 0 Å². The van der Waals surface area contributed by atoms with E-state index in [-0.39, 0.29) is 5.91 Å². The van der Waals surface area contributed by atoms with Crippen molar-refractivity contribution in [1.29, 1.82) is 0 Å². The van der Waals surface area contributed by atoms with Gasteiger partial charge in [0.2, 0.25) is 5.91 Å². The Balaban J connectivity index is 2.13. The third-order valence-electron chi connectivity index (χ3n) is 2.41. The minimum Gasteiger partial charge on any atom is -0.368 e. The highest BCUT2D eigenvalue weighted by molar-refractivity contribution is 9.10. The lowest BCUT2D eigenvalue weighted by Gasteiger charge is -2.09. The summed E-state index contributed by atoms with van der Waals surface area (Å²) in [5.74, 6) is 0.735. The van der Waals surface area contributed by atoms with Crippen LogP contribution >= 0.6 is 15.9 Å². The first-order chi connectivity index (χ1) is 8.68. The van der Waals surface area contributed by atoms with Gasteiger partial charge >= 0.3 is 0 Å².